The summed E-state index contributed by atoms with van der Waals surface area (Å²) in [4.78, 5) is 6.66. The van der Waals surface area contributed by atoms with Crippen LogP contribution in [0.15, 0.2) is 6.07 Å². The Bertz CT molecular complexity index is 500. The SMILES string of the molecule is Cc1cc(C)c(C(=N)N)c(N2CCC(C)C2CO)n1. The minimum Gasteiger partial charge on any atom is -0.394 e. The molecule has 1 aliphatic heterocycles. The van der Waals surface area contributed by atoms with Crippen molar-refractivity contribution >= 4 is 11.7 Å². The summed E-state index contributed by atoms with van der Waals surface area (Å²) in [5, 5.41) is 17.4. The van der Waals surface area contributed by atoms with Crippen LogP contribution in [0.1, 0.15) is 30.2 Å². The van der Waals surface area contributed by atoms with E-state index in [2.05, 4.69) is 16.8 Å². The second kappa shape index (κ2) is 5.17. The zero-order chi connectivity index (χ0) is 14.2. The second-order valence-electron chi connectivity index (χ2n) is 5.40. The van der Waals surface area contributed by atoms with Crippen molar-refractivity contribution in [1.82, 2.24) is 4.98 Å². The van der Waals surface area contributed by atoms with Crippen LogP contribution in [-0.4, -0.2) is 35.1 Å². The molecule has 0 aromatic carbocycles. The van der Waals surface area contributed by atoms with Gasteiger partial charge in [-0.15, -0.1) is 0 Å². The maximum Gasteiger partial charge on any atom is 0.140 e. The molecule has 2 unspecified atom stereocenters. The van der Waals surface area contributed by atoms with Gasteiger partial charge < -0.3 is 15.7 Å². The van der Waals surface area contributed by atoms with E-state index >= 15 is 0 Å². The van der Waals surface area contributed by atoms with Crippen LogP contribution in [0.3, 0.4) is 0 Å². The number of aliphatic hydroxyl groups excluding tert-OH is 1. The van der Waals surface area contributed by atoms with Crippen molar-refractivity contribution in [2.45, 2.75) is 33.2 Å². The van der Waals surface area contributed by atoms with Crippen LogP contribution < -0.4 is 10.6 Å². The topological polar surface area (TPSA) is 86.2 Å². The highest BCUT2D eigenvalue weighted by Crippen LogP contribution is 2.31. The van der Waals surface area contributed by atoms with E-state index in [4.69, 9.17) is 11.1 Å². The molecule has 2 atom stereocenters. The lowest BCUT2D eigenvalue weighted by atomic mass is 10.0. The summed E-state index contributed by atoms with van der Waals surface area (Å²) in [7, 11) is 0. The van der Waals surface area contributed by atoms with E-state index in [1.807, 2.05) is 19.9 Å². The summed E-state index contributed by atoms with van der Waals surface area (Å²) >= 11 is 0. The monoisotopic (exact) mass is 262 g/mol. The molecule has 1 fully saturated rings. The molecule has 0 aliphatic carbocycles. The number of nitrogens with two attached hydrogens (primary N) is 1. The van der Waals surface area contributed by atoms with Crippen molar-refractivity contribution in [1.29, 1.82) is 5.41 Å². The zero-order valence-electron chi connectivity index (χ0n) is 11.8. The first-order valence-electron chi connectivity index (χ1n) is 6.65. The Balaban J connectivity index is 2.52. The van der Waals surface area contributed by atoms with Crippen LogP contribution in [0.25, 0.3) is 0 Å². The number of pyridine rings is 1. The molecule has 2 heterocycles. The van der Waals surface area contributed by atoms with E-state index in [1.54, 1.807) is 0 Å². The van der Waals surface area contributed by atoms with Crippen molar-refractivity contribution in [2.24, 2.45) is 11.7 Å². The molecule has 2 rings (SSSR count). The Kier molecular flexibility index (Phi) is 3.75. The van der Waals surface area contributed by atoms with Gasteiger partial charge in [-0.05, 0) is 37.8 Å². The Morgan fingerprint density at radius 2 is 2.26 bits per heavy atom. The largest absolute Gasteiger partial charge is 0.394 e. The molecule has 1 aliphatic rings. The summed E-state index contributed by atoms with van der Waals surface area (Å²) in [6.45, 7) is 6.98. The molecule has 0 spiro atoms. The lowest BCUT2D eigenvalue weighted by Gasteiger charge is -2.28. The van der Waals surface area contributed by atoms with Gasteiger partial charge in [-0.25, -0.2) is 4.98 Å². The van der Waals surface area contributed by atoms with Crippen molar-refractivity contribution < 1.29 is 5.11 Å². The normalized spacial score (nSPS) is 22.8. The average Bonchev–Trinajstić information content (AvgIpc) is 2.68. The van der Waals surface area contributed by atoms with Crippen molar-refractivity contribution in [2.75, 3.05) is 18.1 Å². The molecular formula is C14H22N4O. The van der Waals surface area contributed by atoms with Gasteiger partial charge in [0.15, 0.2) is 0 Å². The Hall–Kier alpha value is -1.62. The standard InChI is InChI=1S/C14H22N4O/c1-8-4-5-18(11(8)7-19)14-12(13(15)16)9(2)6-10(3)17-14/h6,8,11,19H,4-5,7H2,1-3H3,(H3,15,16). The number of aliphatic hydroxyl groups is 1. The molecule has 0 bridgehead atoms. The first-order chi connectivity index (χ1) is 8.95. The average molecular weight is 262 g/mol. The Morgan fingerprint density at radius 3 is 2.84 bits per heavy atom. The molecule has 104 valence electrons. The number of aryl methyl sites for hydroxylation is 2. The molecule has 0 radical (unpaired) electrons. The van der Waals surface area contributed by atoms with Crippen LogP contribution >= 0.6 is 0 Å². The number of rotatable bonds is 3. The fraction of sp³-hybridized carbons (Fsp3) is 0.571. The third-order valence-corrected chi connectivity index (χ3v) is 3.94. The Labute approximate surface area is 114 Å². The highest BCUT2D eigenvalue weighted by atomic mass is 16.3. The van der Waals surface area contributed by atoms with E-state index in [-0.39, 0.29) is 18.5 Å². The number of amidine groups is 1. The number of nitrogens with one attached hydrogen (secondary N) is 1. The van der Waals surface area contributed by atoms with E-state index in [1.165, 1.54) is 0 Å². The minimum atomic E-state index is 0.0382. The first kappa shape index (κ1) is 13.8. The number of nitrogens with zero attached hydrogens (tertiary/aromatic N) is 2. The summed E-state index contributed by atoms with van der Waals surface area (Å²) in [5.74, 6) is 1.21. The van der Waals surface area contributed by atoms with Gasteiger partial charge in [-0.2, -0.15) is 0 Å². The predicted molar refractivity (Wildman–Crippen MR) is 76.7 cm³/mol. The fourth-order valence-electron chi connectivity index (χ4n) is 2.91. The maximum absolute atomic E-state index is 9.58. The summed E-state index contributed by atoms with van der Waals surface area (Å²) in [6.07, 6.45) is 1.03. The lowest BCUT2D eigenvalue weighted by Crippen LogP contribution is -2.37. The van der Waals surface area contributed by atoms with Crippen LogP contribution in [0, 0.1) is 25.2 Å². The first-order valence-corrected chi connectivity index (χ1v) is 6.65. The van der Waals surface area contributed by atoms with E-state index in [9.17, 15) is 5.11 Å². The van der Waals surface area contributed by atoms with Crippen LogP contribution in [0.2, 0.25) is 0 Å². The lowest BCUT2D eigenvalue weighted by molar-refractivity contribution is 0.244. The van der Waals surface area contributed by atoms with Gasteiger partial charge in [0.2, 0.25) is 0 Å². The van der Waals surface area contributed by atoms with E-state index in [0.717, 1.165) is 30.0 Å². The zero-order valence-corrected chi connectivity index (χ0v) is 11.8. The smallest absolute Gasteiger partial charge is 0.140 e. The molecule has 1 saturated heterocycles. The van der Waals surface area contributed by atoms with Gasteiger partial charge in [-0.3, -0.25) is 5.41 Å². The summed E-state index contributed by atoms with van der Waals surface area (Å²) < 4.78 is 0. The molecule has 0 amide bonds. The highest BCUT2D eigenvalue weighted by molar-refractivity contribution is 6.01. The van der Waals surface area contributed by atoms with Gasteiger partial charge >= 0.3 is 0 Å². The van der Waals surface area contributed by atoms with Gasteiger partial charge in [-0.1, -0.05) is 6.92 Å². The molecule has 4 N–H and O–H groups in total. The van der Waals surface area contributed by atoms with Gasteiger partial charge in [0.25, 0.3) is 0 Å². The summed E-state index contributed by atoms with van der Waals surface area (Å²) in [6, 6.07) is 2.00. The molecule has 1 aromatic rings. The number of anilines is 1. The van der Waals surface area contributed by atoms with Gasteiger partial charge in [0.05, 0.1) is 18.2 Å². The van der Waals surface area contributed by atoms with E-state index in [0.29, 0.717) is 11.5 Å². The van der Waals surface area contributed by atoms with Crippen LogP contribution in [0.4, 0.5) is 5.82 Å². The highest BCUT2D eigenvalue weighted by Gasteiger charge is 2.33. The van der Waals surface area contributed by atoms with Crippen LogP contribution in [-0.2, 0) is 0 Å². The van der Waals surface area contributed by atoms with Crippen molar-refractivity contribution in [3.63, 3.8) is 0 Å². The predicted octanol–water partition coefficient (Wildman–Crippen LogP) is 1.19. The van der Waals surface area contributed by atoms with Crippen molar-refractivity contribution in [3.05, 3.63) is 22.9 Å². The van der Waals surface area contributed by atoms with Gasteiger partial charge in [0.1, 0.15) is 11.7 Å². The Morgan fingerprint density at radius 1 is 1.58 bits per heavy atom. The molecular weight excluding hydrogens is 240 g/mol. The molecule has 5 heteroatoms. The van der Waals surface area contributed by atoms with E-state index < -0.39 is 0 Å². The molecule has 5 nitrogen and oxygen atoms in total. The molecule has 1 aromatic heterocycles. The molecule has 19 heavy (non-hydrogen) atoms. The number of hydrogen-bond acceptors (Lipinski definition) is 4. The van der Waals surface area contributed by atoms with Gasteiger partial charge in [0, 0.05) is 12.2 Å². The number of aromatic nitrogens is 1. The quantitative estimate of drug-likeness (QED) is 0.564. The number of nitrogen functional groups attached to an aromatic ring is 1. The maximum atomic E-state index is 9.58. The fourth-order valence-corrected chi connectivity index (χ4v) is 2.91. The van der Waals surface area contributed by atoms with Crippen molar-refractivity contribution in [3.8, 4) is 0 Å². The third kappa shape index (κ3) is 2.42. The number of hydrogen-bond donors (Lipinski definition) is 3. The second-order valence-corrected chi connectivity index (χ2v) is 5.40. The van der Waals surface area contributed by atoms with Crippen LogP contribution in [0.5, 0.6) is 0 Å². The third-order valence-electron chi connectivity index (χ3n) is 3.94. The summed E-state index contributed by atoms with van der Waals surface area (Å²) in [5.41, 5.74) is 8.28. The minimum absolute atomic E-state index is 0.0382. The molecule has 0 saturated carbocycles.